The highest BCUT2D eigenvalue weighted by molar-refractivity contribution is 6.05. The lowest BCUT2D eigenvalue weighted by atomic mass is 10.1. The van der Waals surface area contributed by atoms with E-state index in [1.165, 1.54) is 0 Å². The van der Waals surface area contributed by atoms with Gasteiger partial charge >= 0.3 is 5.63 Å². The molecule has 3 aromatic rings. The fourth-order valence-electron chi connectivity index (χ4n) is 2.55. The molecule has 0 saturated carbocycles. The summed E-state index contributed by atoms with van der Waals surface area (Å²) < 4.78 is 5.25. The van der Waals surface area contributed by atoms with E-state index in [1.807, 2.05) is 31.2 Å². The molecule has 1 heterocycles. The SMILES string of the molecule is C/C(=N\NC(=O)CC(=O)Nc1ccc(C)cc1)c1cc2ccccc2oc1=O. The van der Waals surface area contributed by atoms with Crippen molar-refractivity contribution in [3.8, 4) is 0 Å². The second kappa shape index (κ2) is 8.30. The number of benzene rings is 2. The van der Waals surface area contributed by atoms with Crippen LogP contribution in [0.25, 0.3) is 11.0 Å². The van der Waals surface area contributed by atoms with E-state index in [2.05, 4.69) is 15.8 Å². The third-order valence-corrected chi connectivity index (χ3v) is 4.04. The standard InChI is InChI=1S/C21H19N3O4/c1-13-7-9-16(10-8-13)22-19(25)12-20(26)24-23-14(2)17-11-15-5-3-4-6-18(15)28-21(17)27/h3-11H,12H2,1-2H3,(H,22,25)(H,24,26)/b23-14+. The zero-order valence-electron chi connectivity index (χ0n) is 15.5. The first-order chi connectivity index (χ1) is 13.4. The van der Waals surface area contributed by atoms with Crippen LogP contribution in [0.5, 0.6) is 0 Å². The van der Waals surface area contributed by atoms with Crippen molar-refractivity contribution in [2.24, 2.45) is 5.10 Å². The third-order valence-electron chi connectivity index (χ3n) is 4.04. The van der Waals surface area contributed by atoms with Gasteiger partial charge < -0.3 is 9.73 Å². The average molecular weight is 377 g/mol. The Morgan fingerprint density at radius 2 is 1.75 bits per heavy atom. The molecule has 7 nitrogen and oxygen atoms in total. The second-order valence-electron chi connectivity index (χ2n) is 6.31. The van der Waals surface area contributed by atoms with E-state index < -0.39 is 23.9 Å². The van der Waals surface area contributed by atoms with Gasteiger partial charge in [0.2, 0.25) is 11.8 Å². The maximum atomic E-state index is 12.1. The number of amides is 2. The number of fused-ring (bicyclic) bond motifs is 1. The van der Waals surface area contributed by atoms with Crippen LogP contribution in [0.4, 0.5) is 5.69 Å². The van der Waals surface area contributed by atoms with Crippen molar-refractivity contribution in [1.29, 1.82) is 0 Å². The van der Waals surface area contributed by atoms with E-state index in [0.717, 1.165) is 10.9 Å². The number of anilines is 1. The highest BCUT2D eigenvalue weighted by Crippen LogP contribution is 2.13. The Hall–Kier alpha value is -3.74. The summed E-state index contributed by atoms with van der Waals surface area (Å²) in [7, 11) is 0. The minimum absolute atomic E-state index is 0.239. The van der Waals surface area contributed by atoms with Crippen LogP contribution in [0.2, 0.25) is 0 Å². The number of carbonyl (C=O) groups excluding carboxylic acids is 2. The molecule has 2 amide bonds. The second-order valence-corrected chi connectivity index (χ2v) is 6.31. The first-order valence-corrected chi connectivity index (χ1v) is 8.65. The van der Waals surface area contributed by atoms with Crippen LogP contribution in [0.1, 0.15) is 24.5 Å². The maximum Gasteiger partial charge on any atom is 0.345 e. The van der Waals surface area contributed by atoms with Gasteiger partial charge in [0.25, 0.3) is 0 Å². The highest BCUT2D eigenvalue weighted by atomic mass is 16.4. The first kappa shape index (κ1) is 19.0. The minimum Gasteiger partial charge on any atom is -0.422 e. The van der Waals surface area contributed by atoms with Gasteiger partial charge in [0.15, 0.2) is 0 Å². The van der Waals surface area contributed by atoms with Crippen molar-refractivity contribution >= 4 is 34.2 Å². The molecule has 28 heavy (non-hydrogen) atoms. The number of nitrogens with one attached hydrogen (secondary N) is 2. The van der Waals surface area contributed by atoms with E-state index in [0.29, 0.717) is 11.3 Å². The van der Waals surface area contributed by atoms with Crippen molar-refractivity contribution in [2.75, 3.05) is 5.32 Å². The van der Waals surface area contributed by atoms with Crippen molar-refractivity contribution in [1.82, 2.24) is 5.43 Å². The van der Waals surface area contributed by atoms with Crippen molar-refractivity contribution in [3.63, 3.8) is 0 Å². The van der Waals surface area contributed by atoms with Gasteiger partial charge in [-0.25, -0.2) is 10.2 Å². The molecule has 2 N–H and O–H groups in total. The molecule has 3 rings (SSSR count). The zero-order chi connectivity index (χ0) is 20.1. The Bertz CT molecular complexity index is 1110. The van der Waals surface area contributed by atoms with Crippen molar-refractivity contribution in [2.45, 2.75) is 20.3 Å². The van der Waals surface area contributed by atoms with Gasteiger partial charge in [0, 0.05) is 11.1 Å². The molecule has 7 heteroatoms. The number of aryl methyl sites for hydroxylation is 1. The van der Waals surface area contributed by atoms with Crippen LogP contribution < -0.4 is 16.4 Å². The minimum atomic E-state index is -0.589. The molecule has 0 radical (unpaired) electrons. The van der Waals surface area contributed by atoms with Crippen LogP contribution in [0.3, 0.4) is 0 Å². The average Bonchev–Trinajstić information content (AvgIpc) is 2.67. The molecule has 0 aliphatic rings. The molecule has 0 saturated heterocycles. The Labute approximate surface area is 161 Å². The highest BCUT2D eigenvalue weighted by Gasteiger charge is 2.11. The summed E-state index contributed by atoms with van der Waals surface area (Å²) in [6, 6.07) is 16.0. The Morgan fingerprint density at radius 1 is 1.04 bits per heavy atom. The van der Waals surface area contributed by atoms with Crippen molar-refractivity contribution < 1.29 is 14.0 Å². The van der Waals surface area contributed by atoms with Gasteiger partial charge in [-0.15, -0.1) is 0 Å². The van der Waals surface area contributed by atoms with E-state index in [1.54, 1.807) is 37.3 Å². The number of hydrogen-bond acceptors (Lipinski definition) is 5. The fraction of sp³-hybridized carbons (Fsp3) is 0.143. The van der Waals surface area contributed by atoms with Crippen LogP contribution in [0, 0.1) is 6.92 Å². The molecular weight excluding hydrogens is 358 g/mol. The maximum absolute atomic E-state index is 12.1. The number of carbonyl (C=O) groups is 2. The largest absolute Gasteiger partial charge is 0.422 e. The van der Waals surface area contributed by atoms with Gasteiger partial charge in [-0.3, -0.25) is 9.59 Å². The lowest BCUT2D eigenvalue weighted by Crippen LogP contribution is -2.26. The molecule has 1 aromatic heterocycles. The van der Waals surface area contributed by atoms with Gasteiger partial charge in [0.1, 0.15) is 12.0 Å². The topological polar surface area (TPSA) is 101 Å². The van der Waals surface area contributed by atoms with E-state index >= 15 is 0 Å². The Kier molecular flexibility index (Phi) is 5.64. The predicted molar refractivity (Wildman–Crippen MR) is 107 cm³/mol. The van der Waals surface area contributed by atoms with E-state index in [4.69, 9.17) is 4.42 Å². The predicted octanol–water partition coefficient (Wildman–Crippen LogP) is 2.97. The molecule has 0 spiro atoms. The molecular formula is C21H19N3O4. The smallest absolute Gasteiger partial charge is 0.345 e. The molecule has 0 bridgehead atoms. The van der Waals surface area contributed by atoms with Crippen LogP contribution in [-0.4, -0.2) is 17.5 Å². The van der Waals surface area contributed by atoms with Gasteiger partial charge in [-0.05, 0) is 38.1 Å². The number of rotatable bonds is 5. The van der Waals surface area contributed by atoms with Crippen molar-refractivity contribution in [3.05, 3.63) is 76.1 Å². The number of hydrogen-bond donors (Lipinski definition) is 2. The lowest BCUT2D eigenvalue weighted by Gasteiger charge is -2.06. The van der Waals surface area contributed by atoms with E-state index in [-0.39, 0.29) is 11.3 Å². The molecule has 0 fully saturated rings. The monoisotopic (exact) mass is 377 g/mol. The molecule has 0 unspecified atom stereocenters. The summed E-state index contributed by atoms with van der Waals surface area (Å²) in [5.41, 5.74) is 4.41. The number of para-hydroxylation sites is 1. The number of nitrogens with zero attached hydrogens (tertiary/aromatic N) is 1. The van der Waals surface area contributed by atoms with Gasteiger partial charge in [0.05, 0.1) is 11.3 Å². The number of hydrazone groups is 1. The summed E-state index contributed by atoms with van der Waals surface area (Å²) in [6.45, 7) is 3.52. The summed E-state index contributed by atoms with van der Waals surface area (Å²) in [4.78, 5) is 36.0. The molecule has 142 valence electrons. The lowest BCUT2D eigenvalue weighted by molar-refractivity contribution is -0.126. The molecule has 0 aliphatic heterocycles. The van der Waals surface area contributed by atoms with Crippen LogP contribution in [-0.2, 0) is 9.59 Å². The summed E-state index contributed by atoms with van der Waals surface area (Å²) in [5.74, 6) is -1.05. The summed E-state index contributed by atoms with van der Waals surface area (Å²) in [6.07, 6.45) is -0.392. The Balaban J connectivity index is 1.63. The Morgan fingerprint density at radius 3 is 2.50 bits per heavy atom. The molecule has 0 aliphatic carbocycles. The zero-order valence-corrected chi connectivity index (χ0v) is 15.5. The normalized spacial score (nSPS) is 11.3. The quantitative estimate of drug-likeness (QED) is 0.309. The fourth-order valence-corrected chi connectivity index (χ4v) is 2.55. The molecule has 2 aromatic carbocycles. The van der Waals surface area contributed by atoms with Gasteiger partial charge in [-0.2, -0.15) is 5.10 Å². The summed E-state index contributed by atoms with van der Waals surface area (Å²) >= 11 is 0. The van der Waals surface area contributed by atoms with Gasteiger partial charge in [-0.1, -0.05) is 35.9 Å². The first-order valence-electron chi connectivity index (χ1n) is 8.65. The third kappa shape index (κ3) is 4.70. The van der Waals surface area contributed by atoms with E-state index in [9.17, 15) is 14.4 Å². The van der Waals surface area contributed by atoms with Crippen LogP contribution >= 0.6 is 0 Å². The summed E-state index contributed by atoms with van der Waals surface area (Å²) in [5, 5.41) is 7.29. The molecule has 0 atom stereocenters. The van der Waals surface area contributed by atoms with Crippen LogP contribution in [0.15, 0.2) is 68.9 Å².